The highest BCUT2D eigenvalue weighted by molar-refractivity contribution is 5.94. The molecule has 0 radical (unpaired) electrons. The summed E-state index contributed by atoms with van der Waals surface area (Å²) in [6.07, 6.45) is 2.06. The summed E-state index contributed by atoms with van der Waals surface area (Å²) in [5, 5.41) is 11.9. The van der Waals surface area contributed by atoms with Crippen LogP contribution in [-0.2, 0) is 6.42 Å². The van der Waals surface area contributed by atoms with E-state index in [1.54, 1.807) is 42.6 Å². The number of carboxylic acids is 1. The van der Waals surface area contributed by atoms with Gasteiger partial charge in [0.15, 0.2) is 0 Å². The van der Waals surface area contributed by atoms with Crippen LogP contribution in [0, 0.1) is 6.92 Å². The lowest BCUT2D eigenvalue weighted by Gasteiger charge is -2.08. The smallest absolute Gasteiger partial charge is 0.335 e. The molecule has 108 valence electrons. The van der Waals surface area contributed by atoms with Crippen LogP contribution >= 0.6 is 0 Å². The van der Waals surface area contributed by atoms with Crippen molar-refractivity contribution in [2.24, 2.45) is 0 Å². The molecule has 0 saturated heterocycles. The van der Waals surface area contributed by atoms with Gasteiger partial charge >= 0.3 is 5.97 Å². The summed E-state index contributed by atoms with van der Waals surface area (Å²) in [6.45, 7) is 2.20. The molecule has 2 rings (SSSR count). The van der Waals surface area contributed by atoms with Crippen LogP contribution in [0.5, 0.6) is 0 Å². The van der Waals surface area contributed by atoms with E-state index in [1.807, 2.05) is 6.92 Å². The van der Waals surface area contributed by atoms with Crippen LogP contribution in [0.1, 0.15) is 32.0 Å². The van der Waals surface area contributed by atoms with E-state index in [0.29, 0.717) is 24.1 Å². The number of amides is 1. The van der Waals surface area contributed by atoms with Gasteiger partial charge in [-0.1, -0.05) is 18.2 Å². The quantitative estimate of drug-likeness (QED) is 0.880. The first-order valence-electron chi connectivity index (χ1n) is 6.60. The number of carbonyl (C=O) groups is 2. The molecule has 0 spiro atoms. The zero-order valence-corrected chi connectivity index (χ0v) is 11.7. The number of hydrogen-bond acceptors (Lipinski definition) is 3. The number of hydrogen-bond donors (Lipinski definition) is 2. The third kappa shape index (κ3) is 3.89. The third-order valence-electron chi connectivity index (χ3n) is 3.09. The zero-order valence-electron chi connectivity index (χ0n) is 11.7. The Balaban J connectivity index is 1.96. The average Bonchev–Trinajstić information content (AvgIpc) is 2.47. The minimum Gasteiger partial charge on any atom is -0.478 e. The fourth-order valence-electron chi connectivity index (χ4n) is 2.05. The number of rotatable bonds is 5. The number of nitrogens with one attached hydrogen (secondary N) is 1. The highest BCUT2D eigenvalue weighted by atomic mass is 16.4. The monoisotopic (exact) mass is 284 g/mol. The molecule has 0 fully saturated rings. The summed E-state index contributed by atoms with van der Waals surface area (Å²) in [6, 6.07) is 10.1. The molecule has 1 amide bonds. The Labute approximate surface area is 122 Å². The Hall–Kier alpha value is -2.69. The van der Waals surface area contributed by atoms with Gasteiger partial charge < -0.3 is 10.4 Å². The molecule has 2 aromatic rings. The van der Waals surface area contributed by atoms with E-state index in [9.17, 15) is 9.59 Å². The number of nitrogens with zero attached hydrogens (tertiary/aromatic N) is 1. The number of carboxylic acid groups (broad SMARTS) is 1. The highest BCUT2D eigenvalue weighted by Gasteiger charge is 2.10. The number of aromatic nitrogens is 1. The van der Waals surface area contributed by atoms with Gasteiger partial charge in [0.05, 0.1) is 5.56 Å². The van der Waals surface area contributed by atoms with Crippen molar-refractivity contribution in [3.8, 4) is 0 Å². The van der Waals surface area contributed by atoms with Gasteiger partial charge in [-0.15, -0.1) is 0 Å². The highest BCUT2D eigenvalue weighted by Crippen LogP contribution is 2.09. The summed E-state index contributed by atoms with van der Waals surface area (Å²) in [4.78, 5) is 27.1. The van der Waals surface area contributed by atoms with Gasteiger partial charge in [0, 0.05) is 24.0 Å². The summed E-state index contributed by atoms with van der Waals surface area (Å²) >= 11 is 0. The van der Waals surface area contributed by atoms with Crippen LogP contribution in [0.4, 0.5) is 0 Å². The van der Waals surface area contributed by atoms with Gasteiger partial charge in [-0.3, -0.25) is 9.78 Å². The number of aryl methyl sites for hydroxylation is 1. The van der Waals surface area contributed by atoms with Crippen LogP contribution in [0.3, 0.4) is 0 Å². The van der Waals surface area contributed by atoms with Gasteiger partial charge in [-0.2, -0.15) is 0 Å². The first-order valence-corrected chi connectivity index (χ1v) is 6.60. The predicted molar refractivity (Wildman–Crippen MR) is 78.4 cm³/mol. The number of pyridine rings is 1. The molecule has 1 aromatic carbocycles. The predicted octanol–water partition coefficient (Wildman–Crippen LogP) is 2.06. The summed E-state index contributed by atoms with van der Waals surface area (Å²) in [7, 11) is 0. The number of benzene rings is 1. The molecular weight excluding hydrogens is 268 g/mol. The van der Waals surface area contributed by atoms with E-state index >= 15 is 0 Å². The maximum Gasteiger partial charge on any atom is 0.335 e. The molecule has 1 aromatic heterocycles. The Morgan fingerprint density at radius 2 is 2.00 bits per heavy atom. The minimum atomic E-state index is -0.957. The Kier molecular flexibility index (Phi) is 4.66. The van der Waals surface area contributed by atoms with Crippen LogP contribution < -0.4 is 5.32 Å². The number of carbonyl (C=O) groups excluding carboxylic acids is 1. The molecule has 5 heteroatoms. The average molecular weight is 284 g/mol. The molecule has 21 heavy (non-hydrogen) atoms. The summed E-state index contributed by atoms with van der Waals surface area (Å²) in [5.41, 5.74) is 2.30. The SMILES string of the molecule is Cc1cc(C(=O)NCCc2ccccc2C(=O)O)ccn1. The molecule has 0 aliphatic rings. The van der Waals surface area contributed by atoms with E-state index in [4.69, 9.17) is 5.11 Å². The first-order chi connectivity index (χ1) is 10.1. The second-order valence-corrected chi connectivity index (χ2v) is 4.65. The second-order valence-electron chi connectivity index (χ2n) is 4.65. The fourth-order valence-corrected chi connectivity index (χ4v) is 2.05. The number of aromatic carboxylic acids is 1. The lowest BCUT2D eigenvalue weighted by atomic mass is 10.0. The Morgan fingerprint density at radius 1 is 1.24 bits per heavy atom. The molecule has 1 heterocycles. The minimum absolute atomic E-state index is 0.187. The van der Waals surface area contributed by atoms with Crippen molar-refractivity contribution in [2.75, 3.05) is 6.54 Å². The molecule has 0 atom stereocenters. The van der Waals surface area contributed by atoms with Crippen LogP contribution in [0.25, 0.3) is 0 Å². The van der Waals surface area contributed by atoms with E-state index in [2.05, 4.69) is 10.3 Å². The van der Waals surface area contributed by atoms with E-state index in [1.165, 1.54) is 0 Å². The Morgan fingerprint density at radius 3 is 2.71 bits per heavy atom. The molecule has 5 nitrogen and oxygen atoms in total. The van der Waals surface area contributed by atoms with Gasteiger partial charge in [0.1, 0.15) is 0 Å². The van der Waals surface area contributed by atoms with Gasteiger partial charge in [0.2, 0.25) is 0 Å². The van der Waals surface area contributed by atoms with E-state index in [0.717, 1.165) is 5.69 Å². The van der Waals surface area contributed by atoms with Crippen LogP contribution in [-0.4, -0.2) is 28.5 Å². The largest absolute Gasteiger partial charge is 0.478 e. The van der Waals surface area contributed by atoms with Crippen molar-refractivity contribution < 1.29 is 14.7 Å². The van der Waals surface area contributed by atoms with Crippen molar-refractivity contribution in [1.29, 1.82) is 0 Å². The normalized spacial score (nSPS) is 10.1. The van der Waals surface area contributed by atoms with Crippen LogP contribution in [0.15, 0.2) is 42.6 Å². The van der Waals surface area contributed by atoms with Gasteiger partial charge in [-0.25, -0.2) is 4.79 Å². The molecule has 0 saturated carbocycles. The molecule has 2 N–H and O–H groups in total. The third-order valence-corrected chi connectivity index (χ3v) is 3.09. The summed E-state index contributed by atoms with van der Waals surface area (Å²) in [5.74, 6) is -1.14. The van der Waals surface area contributed by atoms with Crippen molar-refractivity contribution >= 4 is 11.9 Å². The van der Waals surface area contributed by atoms with Crippen LogP contribution in [0.2, 0.25) is 0 Å². The van der Waals surface area contributed by atoms with Gasteiger partial charge in [0.25, 0.3) is 5.91 Å². The Bertz CT molecular complexity index is 668. The lowest BCUT2D eigenvalue weighted by molar-refractivity contribution is 0.0695. The standard InChI is InChI=1S/C16H16N2O3/c1-11-10-13(7-8-17-11)15(19)18-9-6-12-4-2-3-5-14(12)16(20)21/h2-5,7-8,10H,6,9H2,1H3,(H,18,19)(H,20,21). The summed E-state index contributed by atoms with van der Waals surface area (Å²) < 4.78 is 0. The molecular formula is C16H16N2O3. The van der Waals surface area contributed by atoms with Gasteiger partial charge in [-0.05, 0) is 37.1 Å². The topological polar surface area (TPSA) is 79.3 Å². The maximum absolute atomic E-state index is 12.0. The van der Waals surface area contributed by atoms with Crippen molar-refractivity contribution in [2.45, 2.75) is 13.3 Å². The van der Waals surface area contributed by atoms with E-state index in [-0.39, 0.29) is 11.5 Å². The van der Waals surface area contributed by atoms with Crippen molar-refractivity contribution in [3.05, 3.63) is 65.0 Å². The second kappa shape index (κ2) is 6.65. The van der Waals surface area contributed by atoms with Crippen molar-refractivity contribution in [3.63, 3.8) is 0 Å². The lowest BCUT2D eigenvalue weighted by Crippen LogP contribution is -2.26. The maximum atomic E-state index is 12.0. The van der Waals surface area contributed by atoms with Crippen molar-refractivity contribution in [1.82, 2.24) is 10.3 Å². The molecule has 0 aliphatic heterocycles. The molecule has 0 aliphatic carbocycles. The molecule has 0 unspecified atom stereocenters. The molecule has 0 bridgehead atoms. The fraction of sp³-hybridized carbons (Fsp3) is 0.188. The van der Waals surface area contributed by atoms with E-state index < -0.39 is 5.97 Å². The zero-order chi connectivity index (χ0) is 15.2. The first kappa shape index (κ1) is 14.7.